The van der Waals surface area contributed by atoms with E-state index in [0.717, 1.165) is 40.9 Å². The third-order valence-electron chi connectivity index (χ3n) is 6.26. The molecule has 1 fully saturated rings. The summed E-state index contributed by atoms with van der Waals surface area (Å²) in [5.74, 6) is -2.65. The summed E-state index contributed by atoms with van der Waals surface area (Å²) in [4.78, 5) is 24.0. The Morgan fingerprint density at radius 1 is 1.21 bits per heavy atom. The Balaban J connectivity index is 0.000000325. The van der Waals surface area contributed by atoms with E-state index in [1.54, 1.807) is 0 Å². The third kappa shape index (κ3) is 3.90. The van der Waals surface area contributed by atoms with Crippen LogP contribution in [0.3, 0.4) is 0 Å². The molecule has 0 unspecified atom stereocenters. The fourth-order valence-electron chi connectivity index (χ4n) is 4.49. The lowest BCUT2D eigenvalue weighted by Crippen LogP contribution is -2.21. The number of hydrogen-bond acceptors (Lipinski definition) is 3. The van der Waals surface area contributed by atoms with Gasteiger partial charge >= 0.3 is 12.1 Å². The van der Waals surface area contributed by atoms with Crippen molar-refractivity contribution in [1.82, 2.24) is 4.98 Å². The maximum Gasteiger partial charge on any atom is 0.490 e. The van der Waals surface area contributed by atoms with Gasteiger partial charge in [-0.3, -0.25) is 4.79 Å². The first-order chi connectivity index (χ1) is 15.4. The molecule has 3 aromatic rings. The van der Waals surface area contributed by atoms with Crippen molar-refractivity contribution in [2.24, 2.45) is 11.7 Å². The number of aryl methyl sites for hydroxylation is 2. The zero-order valence-electron chi connectivity index (χ0n) is 17.7. The third-order valence-corrected chi connectivity index (χ3v) is 6.26. The molecular formula is C23H21F4N3O3. The first kappa shape index (κ1) is 22.6. The number of carbonyl (C=O) groups excluding carboxylic acids is 1. The molecule has 1 aromatic heterocycles. The van der Waals surface area contributed by atoms with E-state index < -0.39 is 23.9 Å². The number of anilines is 1. The molecule has 1 aliphatic carbocycles. The lowest BCUT2D eigenvalue weighted by molar-refractivity contribution is -0.192. The second-order valence-corrected chi connectivity index (χ2v) is 8.32. The maximum absolute atomic E-state index is 15.3. The molecule has 174 valence electrons. The SMILES string of the molecule is Cc1[nH]c2c(C(N)=O)cc(F)c(-c3cccc4c3[C@H]3C[C@H]3CN4)c2c1C.O=C(O)C(F)(F)F. The number of nitrogens with one attached hydrogen (secondary N) is 2. The number of primary amides is 1. The lowest BCUT2D eigenvalue weighted by Gasteiger charge is -2.22. The molecule has 0 radical (unpaired) electrons. The molecule has 1 aliphatic heterocycles. The van der Waals surface area contributed by atoms with Crippen LogP contribution in [-0.4, -0.2) is 34.7 Å². The Hall–Kier alpha value is -3.56. The van der Waals surface area contributed by atoms with Crippen LogP contribution < -0.4 is 11.1 Å². The number of amides is 1. The molecule has 6 nitrogen and oxygen atoms in total. The molecule has 1 saturated carbocycles. The van der Waals surface area contributed by atoms with Gasteiger partial charge in [-0.05, 0) is 60.9 Å². The molecule has 1 amide bonds. The summed E-state index contributed by atoms with van der Waals surface area (Å²) in [6.45, 7) is 4.87. The largest absolute Gasteiger partial charge is 0.490 e. The van der Waals surface area contributed by atoms with E-state index in [0.29, 0.717) is 22.9 Å². The monoisotopic (exact) mass is 463 g/mol. The molecule has 2 aromatic carbocycles. The minimum atomic E-state index is -5.08. The van der Waals surface area contributed by atoms with Crippen LogP contribution in [0.15, 0.2) is 24.3 Å². The van der Waals surface area contributed by atoms with Crippen molar-refractivity contribution in [3.05, 3.63) is 52.5 Å². The highest BCUT2D eigenvalue weighted by Crippen LogP contribution is 2.56. The second kappa shape index (κ2) is 7.79. The number of alkyl halides is 3. The Bertz CT molecular complexity index is 1300. The zero-order chi connectivity index (χ0) is 24.2. The Morgan fingerprint density at radius 2 is 1.88 bits per heavy atom. The quantitative estimate of drug-likeness (QED) is 0.408. The molecule has 2 atom stereocenters. The van der Waals surface area contributed by atoms with Gasteiger partial charge in [0.25, 0.3) is 5.91 Å². The number of aromatic amines is 1. The zero-order valence-corrected chi connectivity index (χ0v) is 17.7. The van der Waals surface area contributed by atoms with E-state index >= 15 is 4.39 Å². The smallest absolute Gasteiger partial charge is 0.475 e. The van der Waals surface area contributed by atoms with E-state index in [9.17, 15) is 18.0 Å². The molecule has 0 bridgehead atoms. The molecule has 10 heteroatoms. The number of H-pyrrole nitrogens is 1. The molecule has 33 heavy (non-hydrogen) atoms. The second-order valence-electron chi connectivity index (χ2n) is 8.32. The number of rotatable bonds is 2. The number of benzene rings is 2. The summed E-state index contributed by atoms with van der Waals surface area (Å²) in [7, 11) is 0. The fourth-order valence-corrected chi connectivity index (χ4v) is 4.49. The van der Waals surface area contributed by atoms with Crippen LogP contribution in [0.1, 0.15) is 39.5 Å². The Kier molecular flexibility index (Phi) is 5.34. The first-order valence-corrected chi connectivity index (χ1v) is 10.2. The first-order valence-electron chi connectivity index (χ1n) is 10.2. The number of carboxylic acids is 1. The van der Waals surface area contributed by atoms with Gasteiger partial charge in [0.15, 0.2) is 0 Å². The van der Waals surface area contributed by atoms with Crippen LogP contribution in [0.2, 0.25) is 0 Å². The Morgan fingerprint density at radius 3 is 2.48 bits per heavy atom. The lowest BCUT2D eigenvalue weighted by atomic mass is 9.88. The highest BCUT2D eigenvalue weighted by molar-refractivity contribution is 6.11. The number of carbonyl (C=O) groups is 2. The van der Waals surface area contributed by atoms with Crippen LogP contribution in [0.4, 0.5) is 23.2 Å². The summed E-state index contributed by atoms with van der Waals surface area (Å²) in [5.41, 5.74) is 12.0. The number of aromatic nitrogens is 1. The molecule has 0 saturated heterocycles. The van der Waals surface area contributed by atoms with Gasteiger partial charge in [-0.1, -0.05) is 12.1 Å². The summed E-state index contributed by atoms with van der Waals surface area (Å²) in [5, 5.41) is 11.4. The average Bonchev–Trinajstić information content (AvgIpc) is 3.47. The summed E-state index contributed by atoms with van der Waals surface area (Å²) >= 11 is 0. The summed E-state index contributed by atoms with van der Waals surface area (Å²) < 4.78 is 47.0. The van der Waals surface area contributed by atoms with Gasteiger partial charge in [0, 0.05) is 28.9 Å². The topological polar surface area (TPSA) is 108 Å². The number of fused-ring (bicyclic) bond motifs is 4. The highest BCUT2D eigenvalue weighted by atomic mass is 19.4. The highest BCUT2D eigenvalue weighted by Gasteiger charge is 2.44. The minimum absolute atomic E-state index is 0.199. The predicted molar refractivity (Wildman–Crippen MR) is 115 cm³/mol. The molecule has 2 heterocycles. The summed E-state index contributed by atoms with van der Waals surface area (Å²) in [6, 6.07) is 7.29. The molecular weight excluding hydrogens is 442 g/mol. The predicted octanol–water partition coefficient (Wildman–Crippen LogP) is 4.85. The van der Waals surface area contributed by atoms with Gasteiger partial charge in [-0.15, -0.1) is 0 Å². The van der Waals surface area contributed by atoms with E-state index in [1.165, 1.54) is 11.6 Å². The Labute approximate surface area is 185 Å². The van der Waals surface area contributed by atoms with E-state index in [1.807, 2.05) is 26.0 Å². The van der Waals surface area contributed by atoms with Crippen molar-refractivity contribution in [2.75, 3.05) is 11.9 Å². The number of halogens is 4. The summed E-state index contributed by atoms with van der Waals surface area (Å²) in [6.07, 6.45) is -3.94. The van der Waals surface area contributed by atoms with Gasteiger partial charge in [-0.2, -0.15) is 13.2 Å². The van der Waals surface area contributed by atoms with E-state index in [4.69, 9.17) is 15.6 Å². The van der Waals surface area contributed by atoms with Crippen LogP contribution >= 0.6 is 0 Å². The van der Waals surface area contributed by atoms with Gasteiger partial charge in [-0.25, -0.2) is 9.18 Å². The van der Waals surface area contributed by atoms with Gasteiger partial charge in [0.2, 0.25) is 0 Å². The molecule has 5 rings (SSSR count). The van der Waals surface area contributed by atoms with Crippen LogP contribution in [0.5, 0.6) is 0 Å². The number of carboxylic acid groups (broad SMARTS) is 1. The van der Waals surface area contributed by atoms with E-state index in [2.05, 4.69) is 16.4 Å². The standard InChI is InChI=1S/C21H20FN3O.C2HF3O2/c1-9-10(2)25-20-14(21(23)26)7-15(22)19(17(9)20)12-4-3-5-16-18(12)13-6-11(13)8-24-16;3-2(4,5)1(6)7/h3-5,7,11,13,24-25H,6,8H2,1-2H3,(H2,23,26);(H,6,7)/t11-,13-;/m0./s1. The van der Waals surface area contributed by atoms with Crippen molar-refractivity contribution in [3.63, 3.8) is 0 Å². The number of hydrogen-bond donors (Lipinski definition) is 4. The minimum Gasteiger partial charge on any atom is -0.475 e. The number of nitrogens with two attached hydrogens (primary N) is 1. The van der Waals surface area contributed by atoms with Crippen LogP contribution in [-0.2, 0) is 4.79 Å². The van der Waals surface area contributed by atoms with Crippen molar-refractivity contribution < 1.29 is 32.3 Å². The van der Waals surface area contributed by atoms with Crippen molar-refractivity contribution >= 4 is 28.5 Å². The van der Waals surface area contributed by atoms with Gasteiger partial charge in [0.05, 0.1) is 11.1 Å². The normalized spacial score (nSPS) is 18.5. The fraction of sp³-hybridized carbons (Fsp3) is 0.304. The van der Waals surface area contributed by atoms with Crippen LogP contribution in [0.25, 0.3) is 22.0 Å². The van der Waals surface area contributed by atoms with Crippen molar-refractivity contribution in [1.29, 1.82) is 0 Å². The van der Waals surface area contributed by atoms with Gasteiger partial charge in [0.1, 0.15) is 5.82 Å². The maximum atomic E-state index is 15.3. The molecule has 5 N–H and O–H groups in total. The van der Waals surface area contributed by atoms with Gasteiger partial charge < -0.3 is 21.1 Å². The molecule has 2 aliphatic rings. The van der Waals surface area contributed by atoms with Crippen LogP contribution in [0, 0.1) is 25.6 Å². The van der Waals surface area contributed by atoms with Crippen molar-refractivity contribution in [2.45, 2.75) is 32.4 Å². The number of aliphatic carboxylic acids is 1. The van der Waals surface area contributed by atoms with Crippen molar-refractivity contribution in [3.8, 4) is 11.1 Å². The van der Waals surface area contributed by atoms with E-state index in [-0.39, 0.29) is 5.56 Å². The molecule has 0 spiro atoms. The average molecular weight is 463 g/mol.